The number of esters is 4. The molecule has 15 heteroatoms. The zero-order valence-electron chi connectivity index (χ0n) is 32.6. The highest BCUT2D eigenvalue weighted by Gasteiger charge is 2.54. The third kappa shape index (κ3) is 13.1. The van der Waals surface area contributed by atoms with E-state index in [1.165, 1.54) is 46.6 Å². The Kier molecular flexibility index (Phi) is 16.9. The van der Waals surface area contributed by atoms with Gasteiger partial charge in [-0.25, -0.2) is 0 Å². The molecule has 0 spiro atoms. The summed E-state index contributed by atoms with van der Waals surface area (Å²) in [4.78, 5) is 49.1. The van der Waals surface area contributed by atoms with Gasteiger partial charge in [0.05, 0.1) is 25.9 Å². The molecule has 0 saturated carbocycles. The minimum absolute atomic E-state index is 0.143. The van der Waals surface area contributed by atoms with Crippen LogP contribution in [-0.4, -0.2) is 104 Å². The van der Waals surface area contributed by atoms with E-state index in [0.29, 0.717) is 0 Å². The van der Waals surface area contributed by atoms with E-state index in [4.69, 9.17) is 47.4 Å². The topological polar surface area (TPSA) is 161 Å². The molecular weight excluding hydrogens is 761 g/mol. The minimum atomic E-state index is -1.32. The van der Waals surface area contributed by atoms with Gasteiger partial charge >= 0.3 is 23.9 Å². The Labute approximate surface area is 336 Å². The lowest BCUT2D eigenvalue weighted by Crippen LogP contribution is -2.63. The average molecular weight is 811 g/mol. The van der Waals surface area contributed by atoms with Crippen LogP contribution in [0.3, 0.4) is 0 Å². The molecule has 2 saturated heterocycles. The van der Waals surface area contributed by atoms with Crippen molar-refractivity contribution < 1.29 is 66.5 Å². The van der Waals surface area contributed by atoms with Crippen LogP contribution in [0, 0.1) is 0 Å². The maximum absolute atomic E-state index is 12.5. The van der Waals surface area contributed by atoms with E-state index in [-0.39, 0.29) is 32.2 Å². The van der Waals surface area contributed by atoms with Gasteiger partial charge < -0.3 is 47.4 Å². The summed E-state index contributed by atoms with van der Waals surface area (Å²) in [6.45, 7) is 5.11. The van der Waals surface area contributed by atoms with Crippen molar-refractivity contribution in [2.24, 2.45) is 0 Å². The molecule has 2 aliphatic rings. The summed E-state index contributed by atoms with van der Waals surface area (Å²) in [6.07, 6.45) is -8.83. The monoisotopic (exact) mass is 810 g/mol. The number of carbonyl (C=O) groups is 4. The van der Waals surface area contributed by atoms with Gasteiger partial charge in [-0.05, 0) is 16.7 Å². The molecule has 2 heterocycles. The highest BCUT2D eigenvalue weighted by Crippen LogP contribution is 2.38. The van der Waals surface area contributed by atoms with Crippen LogP contribution in [0.2, 0.25) is 0 Å². The van der Waals surface area contributed by atoms with E-state index in [2.05, 4.69) is 0 Å². The molecule has 0 unspecified atom stereocenters. The van der Waals surface area contributed by atoms with Gasteiger partial charge in [-0.15, -0.1) is 11.8 Å². The number of ether oxygens (including phenoxy) is 10. The fourth-order valence-electron chi connectivity index (χ4n) is 6.58. The normalized spacial score (nSPS) is 27.2. The lowest BCUT2D eigenvalue weighted by Gasteiger charge is -2.47. The van der Waals surface area contributed by atoms with Gasteiger partial charge in [-0.3, -0.25) is 19.2 Å². The molecule has 2 aliphatic heterocycles. The van der Waals surface area contributed by atoms with Crippen molar-refractivity contribution in [2.75, 3.05) is 19.5 Å². The summed E-state index contributed by atoms with van der Waals surface area (Å²) in [5.74, 6) is -2.60. The van der Waals surface area contributed by atoms with Crippen molar-refractivity contribution >= 4 is 35.6 Å². The minimum Gasteiger partial charge on any atom is -0.463 e. The van der Waals surface area contributed by atoms with Crippen LogP contribution in [0.25, 0.3) is 0 Å². The van der Waals surface area contributed by atoms with Crippen LogP contribution in [0.4, 0.5) is 0 Å². The highest BCUT2D eigenvalue weighted by atomic mass is 32.2. The predicted molar refractivity (Wildman–Crippen MR) is 205 cm³/mol. The summed E-state index contributed by atoms with van der Waals surface area (Å²) < 4.78 is 61.1. The third-order valence-corrected chi connectivity index (χ3v) is 10.3. The van der Waals surface area contributed by atoms with E-state index in [9.17, 15) is 19.2 Å². The maximum Gasteiger partial charge on any atom is 0.303 e. The van der Waals surface area contributed by atoms with Gasteiger partial charge in [-0.1, -0.05) is 91.0 Å². The summed E-state index contributed by atoms with van der Waals surface area (Å²) >= 11 is 1.18. The lowest BCUT2D eigenvalue weighted by atomic mass is 9.98. The number of hydrogen-bond donors (Lipinski definition) is 0. The first-order chi connectivity index (χ1) is 27.5. The molecular formula is C42H50O14S. The number of benzene rings is 3. The van der Waals surface area contributed by atoms with Crippen molar-refractivity contribution in [2.45, 2.75) is 108 Å². The third-order valence-electron chi connectivity index (χ3n) is 9.05. The number of methoxy groups -OCH3 is 1. The Morgan fingerprint density at radius 1 is 0.526 bits per heavy atom. The average Bonchev–Trinajstić information content (AvgIpc) is 3.19. The molecule has 10 atom stereocenters. The Morgan fingerprint density at radius 3 is 1.46 bits per heavy atom. The standard InChI is InChI=1S/C42H50O14S/c1-26(43)48-24-33-36(52-27(2)44)38(53-28(3)45)40(54-29(4)46)42(56-33)57-25-34-35(49-21-30-15-9-6-10-16-30)37(50-22-31-17-11-7-12-18-31)39(41(47-5)55-34)51-23-32-19-13-8-14-20-32/h6-20,33-42H,21-25H2,1-5H3/t33-,34-,35-,36-,37+,38+,39-,40-,41+,42+/m1/s1. The van der Waals surface area contributed by atoms with Crippen LogP contribution >= 0.6 is 11.8 Å². The zero-order valence-corrected chi connectivity index (χ0v) is 33.4. The Bertz CT molecular complexity index is 1710. The van der Waals surface area contributed by atoms with Crippen molar-refractivity contribution in [1.82, 2.24) is 0 Å². The Balaban J connectivity index is 1.48. The van der Waals surface area contributed by atoms with Crippen LogP contribution in [-0.2, 0) is 86.4 Å². The molecule has 0 radical (unpaired) electrons. The molecule has 14 nitrogen and oxygen atoms in total. The summed E-state index contributed by atoms with van der Waals surface area (Å²) in [7, 11) is 1.52. The van der Waals surface area contributed by atoms with Crippen LogP contribution < -0.4 is 0 Å². The summed E-state index contributed by atoms with van der Waals surface area (Å²) in [5.41, 5.74) is 1.75. The number of thioether (sulfide) groups is 1. The second-order valence-electron chi connectivity index (χ2n) is 13.5. The predicted octanol–water partition coefficient (Wildman–Crippen LogP) is 4.93. The smallest absolute Gasteiger partial charge is 0.303 e. The van der Waals surface area contributed by atoms with Gasteiger partial charge in [0.25, 0.3) is 0 Å². The summed E-state index contributed by atoms with van der Waals surface area (Å²) in [5, 5.41) is 0. The number of carbonyl (C=O) groups excluding carboxylic acids is 4. The van der Waals surface area contributed by atoms with Crippen molar-refractivity contribution in [3.8, 4) is 0 Å². The van der Waals surface area contributed by atoms with Crippen molar-refractivity contribution in [3.05, 3.63) is 108 Å². The van der Waals surface area contributed by atoms with Crippen molar-refractivity contribution in [3.63, 3.8) is 0 Å². The fourth-order valence-corrected chi connectivity index (χ4v) is 7.85. The van der Waals surface area contributed by atoms with Gasteiger partial charge in [0.2, 0.25) is 0 Å². The second-order valence-corrected chi connectivity index (χ2v) is 14.6. The molecule has 0 aromatic heterocycles. The van der Waals surface area contributed by atoms with E-state index in [1.54, 1.807) is 0 Å². The maximum atomic E-state index is 12.5. The first-order valence-electron chi connectivity index (χ1n) is 18.6. The lowest BCUT2D eigenvalue weighted by molar-refractivity contribution is -0.313. The second kappa shape index (κ2) is 22.0. The Hall–Kier alpha value is -4.35. The SMILES string of the molecule is CO[C@H]1O[C@H](CS[C@@H]2O[C@H](COC(C)=O)[C@@H](OC(C)=O)[C@H](OC(C)=O)[C@H]2OC(C)=O)[C@@H](OCc2ccccc2)[C@H](OCc2ccccc2)[C@H]1OCc1ccccc1. The van der Waals surface area contributed by atoms with Gasteiger partial charge in [0.15, 0.2) is 24.6 Å². The fraction of sp³-hybridized carbons (Fsp3) is 0.476. The summed E-state index contributed by atoms with van der Waals surface area (Å²) in [6, 6.07) is 29.1. The van der Waals surface area contributed by atoms with E-state index in [0.717, 1.165) is 16.7 Å². The molecule has 5 rings (SSSR count). The quantitative estimate of drug-likeness (QED) is 0.126. The molecule has 3 aromatic carbocycles. The van der Waals surface area contributed by atoms with Crippen LogP contribution in [0.5, 0.6) is 0 Å². The van der Waals surface area contributed by atoms with Crippen molar-refractivity contribution in [1.29, 1.82) is 0 Å². The molecule has 3 aromatic rings. The molecule has 308 valence electrons. The molecule has 0 N–H and O–H groups in total. The molecule has 57 heavy (non-hydrogen) atoms. The number of hydrogen-bond acceptors (Lipinski definition) is 15. The van der Waals surface area contributed by atoms with Gasteiger partial charge in [0.1, 0.15) is 36.5 Å². The van der Waals surface area contributed by atoms with Gasteiger partial charge in [0, 0.05) is 40.6 Å². The van der Waals surface area contributed by atoms with E-state index >= 15 is 0 Å². The van der Waals surface area contributed by atoms with Crippen LogP contribution in [0.1, 0.15) is 44.4 Å². The van der Waals surface area contributed by atoms with Crippen LogP contribution in [0.15, 0.2) is 91.0 Å². The zero-order chi connectivity index (χ0) is 40.7. The number of rotatable bonds is 18. The molecule has 0 amide bonds. The largest absolute Gasteiger partial charge is 0.463 e. The molecule has 0 bridgehead atoms. The Morgan fingerprint density at radius 2 is 0.982 bits per heavy atom. The van der Waals surface area contributed by atoms with E-state index < -0.39 is 84.4 Å². The first-order valence-corrected chi connectivity index (χ1v) is 19.6. The molecule has 0 aliphatic carbocycles. The first kappa shape index (κ1) is 43.8. The highest BCUT2D eigenvalue weighted by molar-refractivity contribution is 7.99. The van der Waals surface area contributed by atoms with E-state index in [1.807, 2.05) is 91.0 Å². The van der Waals surface area contributed by atoms with Gasteiger partial charge in [-0.2, -0.15) is 0 Å². The molecule has 2 fully saturated rings.